The number of aryl methyl sites for hydroxylation is 2. The first-order chi connectivity index (χ1) is 14.6. The van der Waals surface area contributed by atoms with Crippen molar-refractivity contribution >= 4 is 38.7 Å². The number of non-ortho nitro benzene ring substituents is 1. The van der Waals surface area contributed by atoms with Gasteiger partial charge in [0.05, 0.1) is 27.6 Å². The average Bonchev–Trinajstić information content (AvgIpc) is 2.71. The molecule has 0 unspecified atom stereocenters. The number of benzene rings is 2. The van der Waals surface area contributed by atoms with Crippen LogP contribution in [-0.2, 0) is 15.6 Å². The van der Waals surface area contributed by atoms with Gasteiger partial charge in [0, 0.05) is 12.1 Å². The molecule has 2 aromatic carbocycles. The van der Waals surface area contributed by atoms with Crippen LogP contribution < -0.4 is 5.32 Å². The summed E-state index contributed by atoms with van der Waals surface area (Å²) in [6, 6.07) is 11.0. The van der Waals surface area contributed by atoms with Crippen LogP contribution in [0.4, 0.5) is 11.4 Å². The Labute approximate surface area is 183 Å². The summed E-state index contributed by atoms with van der Waals surface area (Å²) in [6.07, 6.45) is 1.04. The van der Waals surface area contributed by atoms with Crippen molar-refractivity contribution in [1.29, 1.82) is 0 Å². The van der Waals surface area contributed by atoms with Crippen molar-refractivity contribution in [3.8, 4) is 0 Å². The Bertz CT molecular complexity index is 1290. The van der Waals surface area contributed by atoms with Crippen LogP contribution in [-0.4, -0.2) is 29.2 Å². The van der Waals surface area contributed by atoms with Crippen LogP contribution in [0.3, 0.4) is 0 Å². The lowest BCUT2D eigenvalue weighted by molar-refractivity contribution is -0.384. The van der Waals surface area contributed by atoms with Crippen LogP contribution in [0.15, 0.2) is 53.8 Å². The Hall–Kier alpha value is -3.37. The molecule has 3 aromatic rings. The van der Waals surface area contributed by atoms with Gasteiger partial charge in [-0.2, -0.15) is 0 Å². The molecule has 3 rings (SSSR count). The normalized spacial score (nSPS) is 11.2. The van der Waals surface area contributed by atoms with Gasteiger partial charge in [-0.05, 0) is 30.5 Å². The van der Waals surface area contributed by atoms with Crippen molar-refractivity contribution in [1.82, 2.24) is 9.97 Å². The van der Waals surface area contributed by atoms with Gasteiger partial charge >= 0.3 is 0 Å². The topological polar surface area (TPSA) is 132 Å². The number of amides is 1. The van der Waals surface area contributed by atoms with E-state index in [4.69, 9.17) is 11.6 Å². The minimum atomic E-state index is -3.96. The van der Waals surface area contributed by atoms with Crippen molar-refractivity contribution in [3.05, 3.63) is 86.2 Å². The van der Waals surface area contributed by atoms with E-state index in [-0.39, 0.29) is 27.8 Å². The summed E-state index contributed by atoms with van der Waals surface area (Å²) in [5, 5.41) is 12.8. The van der Waals surface area contributed by atoms with Crippen LogP contribution in [0.1, 0.15) is 27.2 Å². The SMILES string of the molecule is Cc1ccccc1CS(=O)(=O)c1ncc(Cl)c(C(=O)Nc2cc([N+](=O)[O-])ccc2C)n1. The first-order valence-electron chi connectivity index (χ1n) is 8.94. The van der Waals surface area contributed by atoms with Gasteiger partial charge in [0.25, 0.3) is 11.6 Å². The number of carbonyl (C=O) groups excluding carboxylic acids is 1. The fraction of sp³-hybridized carbons (Fsp3) is 0.150. The molecule has 0 aliphatic carbocycles. The van der Waals surface area contributed by atoms with Crippen LogP contribution in [0, 0.1) is 24.0 Å². The number of nitrogens with one attached hydrogen (secondary N) is 1. The molecule has 1 aromatic heterocycles. The molecule has 9 nitrogen and oxygen atoms in total. The molecule has 0 radical (unpaired) electrons. The number of hydrogen-bond acceptors (Lipinski definition) is 7. The largest absolute Gasteiger partial charge is 0.320 e. The highest BCUT2D eigenvalue weighted by Crippen LogP contribution is 2.24. The molecule has 1 heterocycles. The van der Waals surface area contributed by atoms with Crippen LogP contribution in [0.2, 0.25) is 5.02 Å². The molecular weight excluding hydrogens is 444 g/mol. The fourth-order valence-corrected chi connectivity index (χ4v) is 4.22. The highest BCUT2D eigenvalue weighted by Gasteiger charge is 2.24. The number of rotatable bonds is 6. The highest BCUT2D eigenvalue weighted by atomic mass is 35.5. The molecule has 0 spiro atoms. The number of sulfone groups is 1. The third kappa shape index (κ3) is 5.04. The second-order valence-corrected chi connectivity index (χ2v) is 9.04. The molecule has 11 heteroatoms. The van der Waals surface area contributed by atoms with Crippen LogP contribution in [0.25, 0.3) is 0 Å². The van der Waals surface area contributed by atoms with Gasteiger partial charge < -0.3 is 5.32 Å². The van der Waals surface area contributed by atoms with Crippen LogP contribution >= 0.6 is 11.6 Å². The number of anilines is 1. The van der Waals surface area contributed by atoms with Crippen LogP contribution in [0.5, 0.6) is 0 Å². The lowest BCUT2D eigenvalue weighted by Gasteiger charge is -2.10. The maximum atomic E-state index is 12.8. The van der Waals surface area contributed by atoms with E-state index in [2.05, 4.69) is 15.3 Å². The molecule has 1 amide bonds. The Morgan fingerprint density at radius 1 is 1.16 bits per heavy atom. The van der Waals surface area contributed by atoms with E-state index in [0.29, 0.717) is 11.1 Å². The maximum Gasteiger partial charge on any atom is 0.275 e. The first kappa shape index (κ1) is 22.3. The summed E-state index contributed by atoms with van der Waals surface area (Å²) in [6.45, 7) is 3.44. The van der Waals surface area contributed by atoms with Gasteiger partial charge in [-0.3, -0.25) is 14.9 Å². The monoisotopic (exact) mass is 460 g/mol. The first-order valence-corrected chi connectivity index (χ1v) is 11.0. The number of nitrogens with zero attached hydrogens (tertiary/aromatic N) is 3. The number of aromatic nitrogens is 2. The summed E-state index contributed by atoms with van der Waals surface area (Å²) in [4.78, 5) is 30.8. The van der Waals surface area contributed by atoms with Gasteiger partial charge in [0.2, 0.25) is 15.0 Å². The van der Waals surface area contributed by atoms with E-state index in [0.717, 1.165) is 11.8 Å². The van der Waals surface area contributed by atoms with Crippen molar-refractivity contribution in [2.24, 2.45) is 0 Å². The van der Waals surface area contributed by atoms with Gasteiger partial charge in [0.15, 0.2) is 5.69 Å². The second-order valence-electron chi connectivity index (χ2n) is 6.75. The average molecular weight is 461 g/mol. The van der Waals surface area contributed by atoms with Gasteiger partial charge in [-0.1, -0.05) is 41.9 Å². The quantitative estimate of drug-likeness (QED) is 0.335. The molecular formula is C20H17ClN4O5S. The Balaban J connectivity index is 1.92. The zero-order valence-corrected chi connectivity index (χ0v) is 18.1. The highest BCUT2D eigenvalue weighted by molar-refractivity contribution is 7.90. The second kappa shape index (κ2) is 8.78. The predicted octanol–water partition coefficient (Wildman–Crippen LogP) is 3.88. The van der Waals surface area contributed by atoms with Gasteiger partial charge in [0.1, 0.15) is 0 Å². The number of carbonyl (C=O) groups is 1. The minimum absolute atomic E-state index is 0.157. The molecule has 1 N–H and O–H groups in total. The Morgan fingerprint density at radius 3 is 2.55 bits per heavy atom. The zero-order valence-electron chi connectivity index (χ0n) is 16.5. The summed E-state index contributed by atoms with van der Waals surface area (Å²) in [7, 11) is -3.96. The third-order valence-corrected chi connectivity index (χ3v) is 6.22. The summed E-state index contributed by atoms with van der Waals surface area (Å²) in [5.74, 6) is -1.16. The lowest BCUT2D eigenvalue weighted by Crippen LogP contribution is -2.18. The van der Waals surface area contributed by atoms with Crippen molar-refractivity contribution < 1.29 is 18.1 Å². The van der Waals surface area contributed by atoms with E-state index in [1.807, 2.05) is 0 Å². The molecule has 160 valence electrons. The van der Waals surface area contributed by atoms with E-state index in [9.17, 15) is 23.3 Å². The van der Waals surface area contributed by atoms with E-state index in [1.165, 1.54) is 18.2 Å². The minimum Gasteiger partial charge on any atom is -0.320 e. The van der Waals surface area contributed by atoms with Gasteiger partial charge in [-0.15, -0.1) is 0 Å². The number of halogens is 1. The summed E-state index contributed by atoms with van der Waals surface area (Å²) < 4.78 is 25.6. The van der Waals surface area contributed by atoms with E-state index in [1.54, 1.807) is 38.1 Å². The van der Waals surface area contributed by atoms with E-state index >= 15 is 0 Å². The predicted molar refractivity (Wildman–Crippen MR) is 115 cm³/mol. The van der Waals surface area contributed by atoms with Crippen molar-refractivity contribution in [2.75, 3.05) is 5.32 Å². The third-order valence-electron chi connectivity index (χ3n) is 4.50. The number of nitro benzene ring substituents is 1. The number of nitro groups is 1. The van der Waals surface area contributed by atoms with E-state index < -0.39 is 25.8 Å². The fourth-order valence-electron chi connectivity index (χ4n) is 2.74. The lowest BCUT2D eigenvalue weighted by atomic mass is 10.1. The molecule has 0 aliphatic rings. The summed E-state index contributed by atoms with van der Waals surface area (Å²) in [5.41, 5.74) is 1.55. The molecule has 0 bridgehead atoms. The molecule has 0 saturated carbocycles. The smallest absolute Gasteiger partial charge is 0.275 e. The van der Waals surface area contributed by atoms with Crippen molar-refractivity contribution in [2.45, 2.75) is 24.8 Å². The standard InChI is InChI=1S/C20H17ClN4O5S/c1-12-5-3-4-6-14(12)11-31(29,30)20-22-10-16(21)18(24-20)19(26)23-17-9-15(25(27)28)8-7-13(17)2/h3-10H,11H2,1-2H3,(H,23,26). The molecule has 0 fully saturated rings. The maximum absolute atomic E-state index is 12.8. The Kier molecular flexibility index (Phi) is 6.32. The molecule has 0 saturated heterocycles. The van der Waals surface area contributed by atoms with Crippen molar-refractivity contribution in [3.63, 3.8) is 0 Å². The summed E-state index contributed by atoms with van der Waals surface area (Å²) >= 11 is 6.03. The number of hydrogen-bond donors (Lipinski definition) is 1. The molecule has 0 atom stereocenters. The van der Waals surface area contributed by atoms with Gasteiger partial charge in [-0.25, -0.2) is 18.4 Å². The zero-order chi connectivity index (χ0) is 22.8. The molecule has 0 aliphatic heterocycles. The Morgan fingerprint density at radius 2 is 1.87 bits per heavy atom. The molecule has 31 heavy (non-hydrogen) atoms.